The van der Waals surface area contributed by atoms with Crippen molar-refractivity contribution in [2.24, 2.45) is 0 Å². The summed E-state index contributed by atoms with van der Waals surface area (Å²) < 4.78 is 0. The van der Waals surface area contributed by atoms with Crippen molar-refractivity contribution in [1.29, 1.82) is 0 Å². The molecule has 1 aliphatic rings. The van der Waals surface area contributed by atoms with E-state index in [-0.39, 0.29) is 5.91 Å². The van der Waals surface area contributed by atoms with Crippen LogP contribution in [0.25, 0.3) is 0 Å². The maximum absolute atomic E-state index is 12.7. The van der Waals surface area contributed by atoms with Gasteiger partial charge in [-0.1, -0.05) is 12.1 Å². The molecule has 2 aromatic rings. The number of amides is 1. The second-order valence-corrected chi connectivity index (χ2v) is 5.77. The molecule has 1 saturated heterocycles. The van der Waals surface area contributed by atoms with Crippen LogP contribution in [0.15, 0.2) is 36.5 Å². The molecular weight excluding hydrogens is 274 g/mol. The van der Waals surface area contributed by atoms with E-state index in [2.05, 4.69) is 15.2 Å². The molecule has 1 aromatic carbocycles. The zero-order valence-corrected chi connectivity index (χ0v) is 13.1. The van der Waals surface area contributed by atoms with Crippen molar-refractivity contribution in [1.82, 2.24) is 4.98 Å². The molecule has 22 heavy (non-hydrogen) atoms. The Morgan fingerprint density at radius 2 is 1.91 bits per heavy atom. The second kappa shape index (κ2) is 6.18. The highest BCUT2D eigenvalue weighted by Gasteiger charge is 2.20. The molecule has 0 atom stereocenters. The molecule has 1 fully saturated rings. The van der Waals surface area contributed by atoms with Crippen LogP contribution >= 0.6 is 0 Å². The molecular formula is C18H21N3O. The number of nitrogens with one attached hydrogen (secondary N) is 1. The summed E-state index contributed by atoms with van der Waals surface area (Å²) in [6.45, 7) is 6.02. The quantitative estimate of drug-likeness (QED) is 0.942. The largest absolute Gasteiger partial charge is 0.356 e. The van der Waals surface area contributed by atoms with Gasteiger partial charge in [0.05, 0.1) is 5.56 Å². The van der Waals surface area contributed by atoms with Gasteiger partial charge in [0.25, 0.3) is 5.91 Å². The van der Waals surface area contributed by atoms with Crippen molar-refractivity contribution in [2.75, 3.05) is 23.3 Å². The minimum absolute atomic E-state index is 0.0938. The summed E-state index contributed by atoms with van der Waals surface area (Å²) in [5, 5.41) is 3.03. The fourth-order valence-electron chi connectivity index (χ4n) is 2.83. The van der Waals surface area contributed by atoms with E-state index in [9.17, 15) is 4.79 Å². The van der Waals surface area contributed by atoms with E-state index in [0.717, 1.165) is 43.0 Å². The first-order valence-electron chi connectivity index (χ1n) is 7.74. The second-order valence-electron chi connectivity index (χ2n) is 5.77. The molecule has 0 saturated carbocycles. The number of nitrogens with zero attached hydrogens (tertiary/aromatic N) is 2. The molecule has 114 valence electrons. The Balaban J connectivity index is 1.88. The van der Waals surface area contributed by atoms with E-state index in [4.69, 9.17) is 0 Å². The van der Waals surface area contributed by atoms with Crippen molar-refractivity contribution >= 4 is 17.4 Å². The van der Waals surface area contributed by atoms with E-state index >= 15 is 0 Å². The summed E-state index contributed by atoms with van der Waals surface area (Å²) in [5.74, 6) is 0.700. The summed E-state index contributed by atoms with van der Waals surface area (Å²) in [4.78, 5) is 19.3. The lowest BCUT2D eigenvalue weighted by Crippen LogP contribution is -2.24. The summed E-state index contributed by atoms with van der Waals surface area (Å²) in [6.07, 6.45) is 4.07. The Morgan fingerprint density at radius 1 is 1.14 bits per heavy atom. The summed E-state index contributed by atoms with van der Waals surface area (Å²) in [7, 11) is 0. The van der Waals surface area contributed by atoms with E-state index < -0.39 is 0 Å². The predicted octanol–water partition coefficient (Wildman–Crippen LogP) is 3.55. The number of aromatic nitrogens is 1. The normalized spacial score (nSPS) is 14.2. The molecule has 3 rings (SSSR count). The Morgan fingerprint density at radius 3 is 2.68 bits per heavy atom. The van der Waals surface area contributed by atoms with Crippen molar-refractivity contribution in [3.63, 3.8) is 0 Å². The lowest BCUT2D eigenvalue weighted by Gasteiger charge is -2.19. The zero-order valence-electron chi connectivity index (χ0n) is 13.1. The molecule has 2 heterocycles. The van der Waals surface area contributed by atoms with Crippen LogP contribution in [-0.2, 0) is 0 Å². The topological polar surface area (TPSA) is 45.2 Å². The minimum atomic E-state index is -0.0938. The number of hydrogen-bond acceptors (Lipinski definition) is 3. The number of benzene rings is 1. The van der Waals surface area contributed by atoms with Crippen LogP contribution in [0.3, 0.4) is 0 Å². The predicted molar refractivity (Wildman–Crippen MR) is 89.6 cm³/mol. The maximum Gasteiger partial charge on any atom is 0.259 e. The summed E-state index contributed by atoms with van der Waals surface area (Å²) in [5.41, 5.74) is 3.78. The van der Waals surface area contributed by atoms with Crippen LogP contribution in [-0.4, -0.2) is 24.0 Å². The molecule has 0 unspecified atom stereocenters. The Hall–Kier alpha value is -2.36. The molecule has 1 aliphatic heterocycles. The van der Waals surface area contributed by atoms with Crippen LogP contribution in [0.5, 0.6) is 0 Å². The molecule has 4 heteroatoms. The summed E-state index contributed by atoms with van der Waals surface area (Å²) >= 11 is 0. The lowest BCUT2D eigenvalue weighted by molar-refractivity contribution is 0.102. The van der Waals surface area contributed by atoms with Gasteiger partial charge >= 0.3 is 0 Å². The van der Waals surface area contributed by atoms with Crippen molar-refractivity contribution in [3.05, 3.63) is 53.2 Å². The first kappa shape index (κ1) is 14.6. The molecule has 1 N–H and O–H groups in total. The molecule has 0 aliphatic carbocycles. The van der Waals surface area contributed by atoms with Crippen LogP contribution < -0.4 is 10.2 Å². The van der Waals surface area contributed by atoms with Gasteiger partial charge in [0.15, 0.2) is 0 Å². The number of hydrogen-bond donors (Lipinski definition) is 1. The van der Waals surface area contributed by atoms with Crippen LogP contribution in [0.1, 0.15) is 34.3 Å². The van der Waals surface area contributed by atoms with Gasteiger partial charge in [0, 0.05) is 25.0 Å². The fourth-order valence-corrected chi connectivity index (χ4v) is 2.83. The van der Waals surface area contributed by atoms with E-state index in [1.807, 2.05) is 44.2 Å². The van der Waals surface area contributed by atoms with Gasteiger partial charge in [0.2, 0.25) is 0 Å². The Bertz CT molecular complexity index is 690. The molecule has 0 spiro atoms. The average Bonchev–Trinajstić information content (AvgIpc) is 3.06. The third-order valence-electron chi connectivity index (χ3n) is 4.29. The monoisotopic (exact) mass is 295 g/mol. The minimum Gasteiger partial charge on any atom is -0.356 e. The number of anilines is 2. The zero-order chi connectivity index (χ0) is 15.5. The molecule has 1 aromatic heterocycles. The van der Waals surface area contributed by atoms with E-state index in [0.29, 0.717) is 5.56 Å². The first-order chi connectivity index (χ1) is 10.7. The maximum atomic E-state index is 12.7. The first-order valence-corrected chi connectivity index (χ1v) is 7.74. The van der Waals surface area contributed by atoms with Crippen LogP contribution in [0.4, 0.5) is 11.5 Å². The molecule has 0 radical (unpaired) electrons. The van der Waals surface area contributed by atoms with Gasteiger partial charge < -0.3 is 10.2 Å². The van der Waals surface area contributed by atoms with Gasteiger partial charge in [-0.15, -0.1) is 0 Å². The standard InChI is InChI=1S/C18H21N3O/c1-13-7-5-9-16(14(13)2)20-18(22)15-8-6-10-19-17(15)21-11-3-4-12-21/h5-10H,3-4,11-12H2,1-2H3,(H,20,22). The highest BCUT2D eigenvalue weighted by atomic mass is 16.1. The third-order valence-corrected chi connectivity index (χ3v) is 4.29. The van der Waals surface area contributed by atoms with Crippen LogP contribution in [0, 0.1) is 13.8 Å². The number of carbonyl (C=O) groups excluding carboxylic acids is 1. The van der Waals surface area contributed by atoms with Crippen molar-refractivity contribution < 1.29 is 4.79 Å². The number of pyridine rings is 1. The lowest BCUT2D eigenvalue weighted by atomic mass is 10.1. The Labute approximate surface area is 131 Å². The SMILES string of the molecule is Cc1cccc(NC(=O)c2cccnc2N2CCCC2)c1C. The van der Waals surface area contributed by atoms with Gasteiger partial charge in [-0.2, -0.15) is 0 Å². The third kappa shape index (κ3) is 2.82. The van der Waals surface area contributed by atoms with Crippen LogP contribution in [0.2, 0.25) is 0 Å². The van der Waals surface area contributed by atoms with E-state index in [1.165, 1.54) is 5.56 Å². The number of carbonyl (C=O) groups is 1. The van der Waals surface area contributed by atoms with Gasteiger partial charge in [-0.3, -0.25) is 4.79 Å². The van der Waals surface area contributed by atoms with Gasteiger partial charge in [0.1, 0.15) is 5.82 Å². The van der Waals surface area contributed by atoms with Crippen molar-refractivity contribution in [3.8, 4) is 0 Å². The number of aryl methyl sites for hydroxylation is 1. The molecule has 0 bridgehead atoms. The smallest absolute Gasteiger partial charge is 0.259 e. The van der Waals surface area contributed by atoms with Crippen molar-refractivity contribution in [2.45, 2.75) is 26.7 Å². The van der Waals surface area contributed by atoms with Gasteiger partial charge in [-0.05, 0) is 56.0 Å². The highest BCUT2D eigenvalue weighted by molar-refractivity contribution is 6.07. The van der Waals surface area contributed by atoms with Gasteiger partial charge in [-0.25, -0.2) is 4.98 Å². The molecule has 4 nitrogen and oxygen atoms in total. The molecule has 1 amide bonds. The highest BCUT2D eigenvalue weighted by Crippen LogP contribution is 2.24. The van der Waals surface area contributed by atoms with E-state index in [1.54, 1.807) is 6.20 Å². The fraction of sp³-hybridized carbons (Fsp3) is 0.333. The summed E-state index contributed by atoms with van der Waals surface area (Å²) in [6, 6.07) is 9.61. The average molecular weight is 295 g/mol. The number of rotatable bonds is 3. The Kier molecular flexibility index (Phi) is 4.09.